The predicted molar refractivity (Wildman–Crippen MR) is 89.3 cm³/mol. The van der Waals surface area contributed by atoms with Gasteiger partial charge in [-0.05, 0) is 17.7 Å². The fourth-order valence-corrected chi connectivity index (χ4v) is 2.85. The number of carboxylic acid groups (broad SMARTS) is 1. The molecular formula is C18H18N2O5. The van der Waals surface area contributed by atoms with E-state index in [9.17, 15) is 14.4 Å². The molecule has 1 aliphatic rings. The molecule has 0 saturated carbocycles. The lowest BCUT2D eigenvalue weighted by molar-refractivity contribution is -0.137. The smallest absolute Gasteiger partial charge is 0.305 e. The second-order valence-electron chi connectivity index (χ2n) is 5.93. The monoisotopic (exact) mass is 342 g/mol. The lowest BCUT2D eigenvalue weighted by atomic mass is 10.1. The highest BCUT2D eigenvalue weighted by Gasteiger charge is 2.29. The summed E-state index contributed by atoms with van der Waals surface area (Å²) in [6.45, 7) is 0.319. The predicted octanol–water partition coefficient (Wildman–Crippen LogP) is 1.92. The van der Waals surface area contributed by atoms with Gasteiger partial charge < -0.3 is 19.3 Å². The summed E-state index contributed by atoms with van der Waals surface area (Å²) in [6, 6.07) is 9.20. The van der Waals surface area contributed by atoms with Crippen molar-refractivity contribution in [3.05, 3.63) is 53.5 Å². The number of carbonyl (C=O) groups is 3. The van der Waals surface area contributed by atoms with E-state index in [2.05, 4.69) is 0 Å². The molecule has 1 aromatic carbocycles. The minimum absolute atomic E-state index is 0.0277. The van der Waals surface area contributed by atoms with Crippen LogP contribution in [0.1, 0.15) is 28.1 Å². The minimum Gasteiger partial charge on any atom is -0.481 e. The quantitative estimate of drug-likeness (QED) is 0.866. The SMILES string of the molecule is CN(CCC(=O)O)C(=O)c1occc1CN1C(=O)Cc2ccccc21. The highest BCUT2D eigenvalue weighted by Crippen LogP contribution is 2.30. The van der Waals surface area contributed by atoms with Crippen molar-refractivity contribution in [1.29, 1.82) is 0 Å². The molecule has 3 rings (SSSR count). The lowest BCUT2D eigenvalue weighted by Crippen LogP contribution is -2.31. The number of furan rings is 1. The van der Waals surface area contributed by atoms with Crippen LogP contribution in [-0.4, -0.2) is 41.4 Å². The number of hydrogen-bond acceptors (Lipinski definition) is 4. The number of benzene rings is 1. The van der Waals surface area contributed by atoms with Gasteiger partial charge in [0.05, 0.1) is 25.6 Å². The van der Waals surface area contributed by atoms with Gasteiger partial charge in [0.25, 0.3) is 5.91 Å². The molecule has 2 amide bonds. The summed E-state index contributed by atoms with van der Waals surface area (Å²) in [7, 11) is 1.52. The van der Waals surface area contributed by atoms with Gasteiger partial charge in [0.15, 0.2) is 5.76 Å². The van der Waals surface area contributed by atoms with Gasteiger partial charge in [-0.25, -0.2) is 0 Å². The Morgan fingerprint density at radius 2 is 2.04 bits per heavy atom. The number of carboxylic acids is 1. The maximum atomic E-state index is 12.5. The molecule has 0 fully saturated rings. The van der Waals surface area contributed by atoms with Gasteiger partial charge in [-0.15, -0.1) is 0 Å². The number of aliphatic carboxylic acids is 1. The summed E-state index contributed by atoms with van der Waals surface area (Å²) < 4.78 is 5.31. The molecule has 0 aliphatic carbocycles. The number of rotatable bonds is 6. The summed E-state index contributed by atoms with van der Waals surface area (Å²) in [6.07, 6.45) is 1.60. The summed E-state index contributed by atoms with van der Waals surface area (Å²) >= 11 is 0. The van der Waals surface area contributed by atoms with Crippen molar-refractivity contribution in [2.45, 2.75) is 19.4 Å². The summed E-state index contributed by atoms with van der Waals surface area (Å²) in [5, 5.41) is 8.74. The van der Waals surface area contributed by atoms with E-state index >= 15 is 0 Å². The van der Waals surface area contributed by atoms with Gasteiger partial charge in [0.2, 0.25) is 5.91 Å². The van der Waals surface area contributed by atoms with Crippen LogP contribution in [0.2, 0.25) is 0 Å². The van der Waals surface area contributed by atoms with E-state index in [-0.39, 0.29) is 31.2 Å². The zero-order valence-electron chi connectivity index (χ0n) is 13.8. The van der Waals surface area contributed by atoms with Gasteiger partial charge in [-0.2, -0.15) is 0 Å². The van der Waals surface area contributed by atoms with Gasteiger partial charge in [0, 0.05) is 24.8 Å². The van der Waals surface area contributed by atoms with Crippen molar-refractivity contribution in [2.75, 3.05) is 18.5 Å². The van der Waals surface area contributed by atoms with Gasteiger partial charge in [0.1, 0.15) is 0 Å². The topological polar surface area (TPSA) is 91.1 Å². The molecule has 130 valence electrons. The van der Waals surface area contributed by atoms with Crippen molar-refractivity contribution in [3.63, 3.8) is 0 Å². The second kappa shape index (κ2) is 6.80. The van der Waals surface area contributed by atoms with Crippen molar-refractivity contribution >= 4 is 23.5 Å². The molecule has 25 heavy (non-hydrogen) atoms. The molecule has 0 radical (unpaired) electrons. The van der Waals surface area contributed by atoms with Crippen molar-refractivity contribution in [1.82, 2.24) is 4.90 Å². The maximum absolute atomic E-state index is 12.5. The van der Waals surface area contributed by atoms with Gasteiger partial charge in [-0.3, -0.25) is 14.4 Å². The Morgan fingerprint density at radius 1 is 1.28 bits per heavy atom. The van der Waals surface area contributed by atoms with Crippen LogP contribution in [0.5, 0.6) is 0 Å². The van der Waals surface area contributed by atoms with Crippen LogP contribution in [0, 0.1) is 0 Å². The van der Waals surface area contributed by atoms with E-state index in [0.29, 0.717) is 12.0 Å². The van der Waals surface area contributed by atoms with Crippen LogP contribution in [0.3, 0.4) is 0 Å². The van der Waals surface area contributed by atoms with Crippen molar-refractivity contribution in [2.24, 2.45) is 0 Å². The zero-order chi connectivity index (χ0) is 18.0. The fourth-order valence-electron chi connectivity index (χ4n) is 2.85. The summed E-state index contributed by atoms with van der Waals surface area (Å²) in [5.41, 5.74) is 2.39. The van der Waals surface area contributed by atoms with E-state index in [0.717, 1.165) is 11.3 Å². The first-order chi connectivity index (χ1) is 12.0. The van der Waals surface area contributed by atoms with Crippen LogP contribution in [0.15, 0.2) is 41.0 Å². The number of amides is 2. The molecule has 7 heteroatoms. The maximum Gasteiger partial charge on any atom is 0.305 e. The molecule has 0 atom stereocenters. The van der Waals surface area contributed by atoms with E-state index in [4.69, 9.17) is 9.52 Å². The molecular weight excluding hydrogens is 324 g/mol. The van der Waals surface area contributed by atoms with Crippen LogP contribution >= 0.6 is 0 Å². The third-order valence-electron chi connectivity index (χ3n) is 4.20. The standard InChI is InChI=1S/C18H18N2O5/c1-19(8-6-16(22)23)18(24)17-13(7-9-25-17)11-20-14-5-3-2-4-12(14)10-15(20)21/h2-5,7,9H,6,8,10-11H2,1H3,(H,22,23). The van der Waals surface area contributed by atoms with Crippen molar-refractivity contribution in [3.8, 4) is 0 Å². The van der Waals surface area contributed by atoms with E-state index in [1.807, 2.05) is 24.3 Å². The van der Waals surface area contributed by atoms with E-state index in [1.54, 1.807) is 11.0 Å². The largest absolute Gasteiger partial charge is 0.481 e. The van der Waals surface area contributed by atoms with Crippen LogP contribution < -0.4 is 4.90 Å². The zero-order valence-corrected chi connectivity index (χ0v) is 13.8. The third-order valence-corrected chi connectivity index (χ3v) is 4.20. The number of fused-ring (bicyclic) bond motifs is 1. The Hall–Kier alpha value is -3.09. The Balaban J connectivity index is 1.77. The number of hydrogen-bond donors (Lipinski definition) is 1. The van der Waals surface area contributed by atoms with Crippen LogP contribution in [0.4, 0.5) is 5.69 Å². The Kier molecular flexibility index (Phi) is 4.56. The summed E-state index contributed by atoms with van der Waals surface area (Å²) in [5.74, 6) is -1.27. The molecule has 0 bridgehead atoms. The minimum atomic E-state index is -0.974. The third kappa shape index (κ3) is 3.40. The molecule has 0 saturated heterocycles. The highest BCUT2D eigenvalue weighted by atomic mass is 16.4. The number of nitrogens with zero attached hydrogens (tertiary/aromatic N) is 2. The molecule has 0 spiro atoms. The molecule has 1 aliphatic heterocycles. The molecule has 2 aromatic rings. The highest BCUT2D eigenvalue weighted by molar-refractivity contribution is 6.01. The Morgan fingerprint density at radius 3 is 2.80 bits per heavy atom. The number of carbonyl (C=O) groups excluding carboxylic acids is 2. The lowest BCUT2D eigenvalue weighted by Gasteiger charge is -2.19. The molecule has 0 unspecified atom stereocenters. The van der Waals surface area contributed by atoms with Crippen molar-refractivity contribution < 1.29 is 23.9 Å². The number of para-hydroxylation sites is 1. The first kappa shape index (κ1) is 16.8. The van der Waals surface area contributed by atoms with E-state index in [1.165, 1.54) is 18.2 Å². The Labute approximate surface area is 144 Å². The first-order valence-electron chi connectivity index (χ1n) is 7.89. The van der Waals surface area contributed by atoms with Gasteiger partial charge in [-0.1, -0.05) is 18.2 Å². The average molecular weight is 342 g/mol. The molecule has 7 nitrogen and oxygen atoms in total. The summed E-state index contributed by atoms with van der Waals surface area (Å²) in [4.78, 5) is 38.4. The molecule has 1 N–H and O–H groups in total. The van der Waals surface area contributed by atoms with Crippen LogP contribution in [0.25, 0.3) is 0 Å². The van der Waals surface area contributed by atoms with Gasteiger partial charge >= 0.3 is 5.97 Å². The Bertz CT molecular complexity index is 826. The molecule has 1 aromatic heterocycles. The average Bonchev–Trinajstić information content (AvgIpc) is 3.17. The number of anilines is 1. The van der Waals surface area contributed by atoms with Crippen LogP contribution in [-0.2, 0) is 22.6 Å². The fraction of sp³-hybridized carbons (Fsp3) is 0.278. The normalized spacial score (nSPS) is 13.0. The first-order valence-corrected chi connectivity index (χ1v) is 7.89. The van der Waals surface area contributed by atoms with E-state index < -0.39 is 11.9 Å². The second-order valence-corrected chi connectivity index (χ2v) is 5.93. The molecule has 2 heterocycles.